The Morgan fingerprint density at radius 2 is 1.45 bits per heavy atom. The Labute approximate surface area is 282 Å². The summed E-state index contributed by atoms with van der Waals surface area (Å²) in [6, 6.07) is 0.725. The summed E-state index contributed by atoms with van der Waals surface area (Å²) < 4.78 is 0. The smallest absolute Gasteiger partial charge is 0.252 e. The van der Waals surface area contributed by atoms with Crippen LogP contribution >= 0.6 is 0 Å². The van der Waals surface area contributed by atoms with E-state index in [0.717, 1.165) is 0 Å². The average Bonchev–Trinajstić information content (AvgIpc) is 3.00. The van der Waals surface area contributed by atoms with Crippen LogP contribution in [0.25, 0.3) is 0 Å². The third-order valence-electron chi connectivity index (χ3n) is 8.00. The molecule has 5 atom stereocenters. The van der Waals surface area contributed by atoms with Crippen molar-refractivity contribution < 1.29 is 24.0 Å². The second-order valence-electron chi connectivity index (χ2n) is 13.9. The lowest BCUT2D eigenvalue weighted by Crippen LogP contribution is -2.62. The molecule has 0 aromatic carbocycles. The summed E-state index contributed by atoms with van der Waals surface area (Å²) >= 11 is 0. The molecule has 12 heteroatoms. The molecule has 0 saturated carbocycles. The van der Waals surface area contributed by atoms with Gasteiger partial charge in [0.25, 0.3) is 5.91 Å². The number of pyridine rings is 1. The number of carbonyl (C=O) groups excluding carboxylic acids is 5. The normalized spacial score (nSPS) is 15.3. The van der Waals surface area contributed by atoms with Crippen molar-refractivity contribution in [3.63, 3.8) is 0 Å². The minimum Gasteiger partial charge on any atom is -0.355 e. The largest absolute Gasteiger partial charge is 0.355 e. The first-order chi connectivity index (χ1) is 22.0. The number of likely N-dealkylation sites (N-methyl/N-ethyl adjacent to an activating group) is 1. The van der Waals surface area contributed by atoms with Crippen LogP contribution in [-0.4, -0.2) is 77.3 Å². The summed E-state index contributed by atoms with van der Waals surface area (Å²) in [7, 11) is 0. The molecule has 1 aromatic rings. The molecule has 12 nitrogen and oxygen atoms in total. The SMILES string of the molecule is CCC[C@@](C)(NC(=O)[C@H](CCC(C)C)NC(=O)c1ccncc1)C(=O)N[C@H](CN[C@@H](C)C(=O)N[C@H](C(=O)NCC)C(C)C)CC(C)C. The first kappa shape index (κ1) is 41.5. The number of aromatic nitrogens is 1. The molecule has 47 heavy (non-hydrogen) atoms. The predicted octanol–water partition coefficient (Wildman–Crippen LogP) is 3.08. The minimum absolute atomic E-state index is 0.0916. The van der Waals surface area contributed by atoms with E-state index in [9.17, 15) is 24.0 Å². The number of amides is 5. The molecule has 0 fully saturated rings. The first-order valence-electron chi connectivity index (χ1n) is 17.2. The van der Waals surface area contributed by atoms with Gasteiger partial charge in [0.15, 0.2) is 0 Å². The van der Waals surface area contributed by atoms with E-state index in [4.69, 9.17) is 0 Å². The van der Waals surface area contributed by atoms with Crippen molar-refractivity contribution in [2.45, 2.75) is 131 Å². The highest BCUT2D eigenvalue weighted by atomic mass is 16.2. The summed E-state index contributed by atoms with van der Waals surface area (Å²) in [6.45, 7) is 19.9. The van der Waals surface area contributed by atoms with E-state index >= 15 is 0 Å². The van der Waals surface area contributed by atoms with Gasteiger partial charge in [0.2, 0.25) is 23.6 Å². The van der Waals surface area contributed by atoms with E-state index in [2.05, 4.69) is 36.9 Å². The molecule has 1 heterocycles. The number of hydrogen-bond donors (Lipinski definition) is 6. The fourth-order valence-electron chi connectivity index (χ4n) is 5.22. The van der Waals surface area contributed by atoms with E-state index in [-0.39, 0.29) is 41.5 Å². The van der Waals surface area contributed by atoms with E-state index in [0.29, 0.717) is 56.7 Å². The van der Waals surface area contributed by atoms with Gasteiger partial charge in [0.1, 0.15) is 17.6 Å². The third kappa shape index (κ3) is 14.8. The number of rotatable bonds is 21. The maximum absolute atomic E-state index is 13.9. The quantitative estimate of drug-likeness (QED) is 0.118. The van der Waals surface area contributed by atoms with E-state index in [1.165, 1.54) is 12.4 Å². The van der Waals surface area contributed by atoms with Crippen LogP contribution in [-0.2, 0) is 19.2 Å². The molecule has 0 aliphatic carbocycles. The molecular weight excluding hydrogens is 598 g/mol. The Morgan fingerprint density at radius 1 is 0.809 bits per heavy atom. The van der Waals surface area contributed by atoms with Gasteiger partial charge in [-0.15, -0.1) is 0 Å². The van der Waals surface area contributed by atoms with E-state index in [1.807, 2.05) is 55.4 Å². The predicted molar refractivity (Wildman–Crippen MR) is 185 cm³/mol. The van der Waals surface area contributed by atoms with Crippen LogP contribution < -0.4 is 31.9 Å². The molecule has 0 aliphatic heterocycles. The zero-order chi connectivity index (χ0) is 35.7. The second-order valence-corrected chi connectivity index (χ2v) is 13.9. The molecule has 1 aromatic heterocycles. The lowest BCUT2D eigenvalue weighted by Gasteiger charge is -2.34. The van der Waals surface area contributed by atoms with Gasteiger partial charge >= 0.3 is 0 Å². The molecule has 5 amide bonds. The molecule has 6 N–H and O–H groups in total. The van der Waals surface area contributed by atoms with Crippen molar-refractivity contribution in [3.05, 3.63) is 30.1 Å². The average molecular weight is 660 g/mol. The molecule has 0 spiro atoms. The number of carbonyl (C=O) groups is 5. The van der Waals surface area contributed by atoms with E-state index in [1.54, 1.807) is 26.0 Å². The Hall–Kier alpha value is -3.54. The van der Waals surface area contributed by atoms with Gasteiger partial charge in [-0.1, -0.05) is 54.9 Å². The Morgan fingerprint density at radius 3 is 1.98 bits per heavy atom. The Kier molecular flexibility index (Phi) is 18.2. The van der Waals surface area contributed by atoms with Crippen LogP contribution in [0.4, 0.5) is 0 Å². The number of hydrogen-bond acceptors (Lipinski definition) is 7. The molecule has 0 bridgehead atoms. The Balaban J connectivity index is 3.06. The van der Waals surface area contributed by atoms with Crippen molar-refractivity contribution in [1.29, 1.82) is 0 Å². The van der Waals surface area contributed by atoms with Crippen molar-refractivity contribution in [2.24, 2.45) is 17.8 Å². The summed E-state index contributed by atoms with van der Waals surface area (Å²) in [4.78, 5) is 69.9. The van der Waals surface area contributed by atoms with Crippen LogP contribution in [0.1, 0.15) is 112 Å². The van der Waals surface area contributed by atoms with Crippen molar-refractivity contribution in [2.75, 3.05) is 13.1 Å². The standard InChI is InChI=1S/C35H61N7O5/c1-11-17-35(10,42-32(45)28(14-13-22(3)4)40-31(44)26-15-18-36-19-16-26)34(47)39-27(20-23(5)6)21-38-25(9)30(43)41-29(24(7)8)33(46)37-12-2/h15-16,18-19,22-25,27-29,38H,11-14,17,20-21H2,1-10H3,(H,37,46)(H,39,47)(H,40,44)(H,41,43)(H,42,45)/t25-,27-,28-,29-,35+/m0/s1. The zero-order valence-corrected chi connectivity index (χ0v) is 30.3. The minimum atomic E-state index is -1.24. The first-order valence-corrected chi connectivity index (χ1v) is 17.2. The summed E-state index contributed by atoms with van der Waals surface area (Å²) in [5.41, 5.74) is -0.842. The highest BCUT2D eigenvalue weighted by Crippen LogP contribution is 2.17. The molecule has 1 rings (SSSR count). The number of nitrogens with one attached hydrogen (secondary N) is 6. The second kappa shape index (κ2) is 20.6. The van der Waals surface area contributed by atoms with Gasteiger partial charge in [-0.2, -0.15) is 0 Å². The van der Waals surface area contributed by atoms with Gasteiger partial charge in [-0.25, -0.2) is 0 Å². The molecule has 266 valence electrons. The summed E-state index contributed by atoms with van der Waals surface area (Å²) in [5.74, 6) is -1.22. The van der Waals surface area contributed by atoms with Gasteiger partial charge in [0.05, 0.1) is 6.04 Å². The van der Waals surface area contributed by atoms with Crippen LogP contribution in [0, 0.1) is 17.8 Å². The van der Waals surface area contributed by atoms with E-state index < -0.39 is 29.6 Å². The van der Waals surface area contributed by atoms with Crippen molar-refractivity contribution >= 4 is 29.5 Å². The summed E-state index contributed by atoms with van der Waals surface area (Å²) in [5, 5.41) is 17.8. The van der Waals surface area contributed by atoms with Gasteiger partial charge in [0, 0.05) is 37.1 Å². The number of nitrogens with zero attached hydrogens (tertiary/aromatic N) is 1. The van der Waals surface area contributed by atoms with Crippen LogP contribution in [0.2, 0.25) is 0 Å². The van der Waals surface area contributed by atoms with Crippen LogP contribution in [0.15, 0.2) is 24.5 Å². The molecule has 0 radical (unpaired) electrons. The third-order valence-corrected chi connectivity index (χ3v) is 8.00. The van der Waals surface area contributed by atoms with Crippen LogP contribution in [0.3, 0.4) is 0 Å². The monoisotopic (exact) mass is 659 g/mol. The van der Waals surface area contributed by atoms with Gasteiger partial charge in [-0.3, -0.25) is 29.0 Å². The van der Waals surface area contributed by atoms with Crippen LogP contribution in [0.5, 0.6) is 0 Å². The van der Waals surface area contributed by atoms with Gasteiger partial charge < -0.3 is 31.9 Å². The molecule has 0 aliphatic rings. The highest BCUT2D eigenvalue weighted by molar-refractivity contribution is 5.99. The molecule has 0 saturated heterocycles. The highest BCUT2D eigenvalue weighted by Gasteiger charge is 2.37. The maximum Gasteiger partial charge on any atom is 0.252 e. The maximum atomic E-state index is 13.9. The lowest BCUT2D eigenvalue weighted by molar-refractivity contribution is -0.134. The fourth-order valence-corrected chi connectivity index (χ4v) is 5.22. The molecule has 0 unspecified atom stereocenters. The summed E-state index contributed by atoms with van der Waals surface area (Å²) in [6.07, 6.45) is 5.82. The molecular formula is C35H61N7O5. The van der Waals surface area contributed by atoms with Crippen molar-refractivity contribution in [1.82, 2.24) is 36.9 Å². The topological polar surface area (TPSA) is 170 Å². The zero-order valence-electron chi connectivity index (χ0n) is 30.3. The van der Waals surface area contributed by atoms with Gasteiger partial charge in [-0.05, 0) is 76.3 Å². The van der Waals surface area contributed by atoms with Crippen molar-refractivity contribution in [3.8, 4) is 0 Å². The Bertz CT molecular complexity index is 1140. The lowest BCUT2D eigenvalue weighted by atomic mass is 9.92. The fraction of sp³-hybridized carbons (Fsp3) is 0.714.